The van der Waals surface area contributed by atoms with Gasteiger partial charge in [-0.2, -0.15) is 0 Å². The molecule has 0 aromatic carbocycles. The first kappa shape index (κ1) is 12.9. The molecular formula is C10H19N3O3. The Kier molecular flexibility index (Phi) is 4.70. The Labute approximate surface area is 94.9 Å². The zero-order chi connectivity index (χ0) is 12.1. The second-order valence-electron chi connectivity index (χ2n) is 4.03. The summed E-state index contributed by atoms with van der Waals surface area (Å²) < 4.78 is 4.93. The lowest BCUT2D eigenvalue weighted by molar-refractivity contribution is -0.135. The predicted octanol–water partition coefficient (Wildman–Crippen LogP) is -1.17. The van der Waals surface area contributed by atoms with Crippen LogP contribution in [0.2, 0.25) is 0 Å². The van der Waals surface area contributed by atoms with E-state index in [1.807, 2.05) is 0 Å². The molecule has 0 radical (unpaired) electrons. The van der Waals surface area contributed by atoms with Crippen molar-refractivity contribution in [3.05, 3.63) is 0 Å². The van der Waals surface area contributed by atoms with E-state index in [1.165, 1.54) is 0 Å². The zero-order valence-electron chi connectivity index (χ0n) is 9.52. The van der Waals surface area contributed by atoms with E-state index in [0.29, 0.717) is 13.2 Å². The molecule has 0 aromatic rings. The van der Waals surface area contributed by atoms with E-state index in [9.17, 15) is 9.59 Å². The molecule has 1 rings (SSSR count). The maximum absolute atomic E-state index is 11.9. The molecule has 0 heterocycles. The number of nitrogens with two attached hydrogens (primary N) is 2. The number of hydrogen-bond acceptors (Lipinski definition) is 4. The quantitative estimate of drug-likeness (QED) is 0.574. The highest BCUT2D eigenvalue weighted by atomic mass is 16.5. The standard InChI is InChI=1S/C10H19N3O3/c1-16-5-4-13(7-2-3-7)10(15)8(11)6-9(12)14/h7-8H,2-6,11H2,1H3,(H2,12,14). The van der Waals surface area contributed by atoms with Crippen LogP contribution in [-0.4, -0.2) is 49.1 Å². The van der Waals surface area contributed by atoms with Crippen molar-refractivity contribution in [3.63, 3.8) is 0 Å². The van der Waals surface area contributed by atoms with E-state index < -0.39 is 11.9 Å². The molecule has 0 saturated heterocycles. The number of carbonyl (C=O) groups is 2. The minimum atomic E-state index is -0.824. The smallest absolute Gasteiger partial charge is 0.240 e. The predicted molar refractivity (Wildman–Crippen MR) is 58.4 cm³/mol. The number of rotatable bonds is 7. The van der Waals surface area contributed by atoms with Crippen molar-refractivity contribution >= 4 is 11.8 Å². The van der Waals surface area contributed by atoms with Gasteiger partial charge in [-0.15, -0.1) is 0 Å². The van der Waals surface area contributed by atoms with Gasteiger partial charge in [0.1, 0.15) is 0 Å². The van der Waals surface area contributed by atoms with Gasteiger partial charge in [0.25, 0.3) is 0 Å². The van der Waals surface area contributed by atoms with Crippen LogP contribution in [-0.2, 0) is 14.3 Å². The lowest BCUT2D eigenvalue weighted by Crippen LogP contribution is -2.47. The lowest BCUT2D eigenvalue weighted by Gasteiger charge is -2.24. The van der Waals surface area contributed by atoms with Crippen LogP contribution < -0.4 is 11.5 Å². The summed E-state index contributed by atoms with van der Waals surface area (Å²) >= 11 is 0. The Morgan fingerprint density at radius 1 is 1.50 bits per heavy atom. The summed E-state index contributed by atoms with van der Waals surface area (Å²) in [5, 5.41) is 0. The summed E-state index contributed by atoms with van der Waals surface area (Å²) in [4.78, 5) is 24.3. The molecule has 0 aromatic heterocycles. The monoisotopic (exact) mass is 229 g/mol. The minimum Gasteiger partial charge on any atom is -0.383 e. The summed E-state index contributed by atoms with van der Waals surface area (Å²) in [6.45, 7) is 0.998. The maximum Gasteiger partial charge on any atom is 0.240 e. The number of methoxy groups -OCH3 is 1. The highest BCUT2D eigenvalue weighted by Crippen LogP contribution is 2.27. The third-order valence-electron chi connectivity index (χ3n) is 2.55. The Hall–Kier alpha value is -1.14. The van der Waals surface area contributed by atoms with Crippen molar-refractivity contribution in [3.8, 4) is 0 Å². The van der Waals surface area contributed by atoms with Crippen molar-refractivity contribution in [1.29, 1.82) is 0 Å². The van der Waals surface area contributed by atoms with Crippen LogP contribution in [0, 0.1) is 0 Å². The van der Waals surface area contributed by atoms with Crippen LogP contribution in [0.25, 0.3) is 0 Å². The van der Waals surface area contributed by atoms with Crippen LogP contribution in [0.15, 0.2) is 0 Å². The summed E-state index contributed by atoms with van der Waals surface area (Å²) in [6.07, 6.45) is 1.90. The number of nitrogens with zero attached hydrogens (tertiary/aromatic N) is 1. The largest absolute Gasteiger partial charge is 0.383 e. The van der Waals surface area contributed by atoms with Gasteiger partial charge in [-0.1, -0.05) is 0 Å². The Bertz CT molecular complexity index is 266. The molecule has 4 N–H and O–H groups in total. The average molecular weight is 229 g/mol. The number of hydrogen-bond donors (Lipinski definition) is 2. The normalized spacial score (nSPS) is 16.9. The van der Waals surface area contributed by atoms with Crippen molar-refractivity contribution < 1.29 is 14.3 Å². The van der Waals surface area contributed by atoms with E-state index in [4.69, 9.17) is 16.2 Å². The van der Waals surface area contributed by atoms with Gasteiger partial charge in [0.15, 0.2) is 0 Å². The molecule has 92 valence electrons. The van der Waals surface area contributed by atoms with E-state index in [-0.39, 0.29) is 18.4 Å². The van der Waals surface area contributed by atoms with Crippen LogP contribution >= 0.6 is 0 Å². The molecule has 1 aliphatic carbocycles. The fourth-order valence-corrected chi connectivity index (χ4v) is 1.57. The van der Waals surface area contributed by atoms with Gasteiger partial charge in [0.05, 0.1) is 19.1 Å². The molecule has 0 aliphatic heterocycles. The Balaban J connectivity index is 2.48. The molecular weight excluding hydrogens is 210 g/mol. The number of amides is 2. The van der Waals surface area contributed by atoms with Crippen molar-refractivity contribution in [2.24, 2.45) is 11.5 Å². The van der Waals surface area contributed by atoms with Crippen LogP contribution in [0.4, 0.5) is 0 Å². The topological polar surface area (TPSA) is 98.7 Å². The SMILES string of the molecule is COCCN(C(=O)C(N)CC(N)=O)C1CC1. The van der Waals surface area contributed by atoms with E-state index in [2.05, 4.69) is 0 Å². The van der Waals surface area contributed by atoms with Crippen LogP contribution in [0.3, 0.4) is 0 Å². The number of carbonyl (C=O) groups excluding carboxylic acids is 2. The van der Waals surface area contributed by atoms with E-state index in [0.717, 1.165) is 12.8 Å². The van der Waals surface area contributed by atoms with Crippen molar-refractivity contribution in [2.45, 2.75) is 31.3 Å². The molecule has 2 amide bonds. The second kappa shape index (κ2) is 5.81. The highest BCUT2D eigenvalue weighted by molar-refractivity contribution is 5.87. The summed E-state index contributed by atoms with van der Waals surface area (Å²) in [7, 11) is 1.58. The van der Waals surface area contributed by atoms with Crippen LogP contribution in [0.5, 0.6) is 0 Å². The first-order valence-corrected chi connectivity index (χ1v) is 5.39. The lowest BCUT2D eigenvalue weighted by atomic mass is 10.2. The minimum absolute atomic E-state index is 0.102. The molecule has 1 aliphatic rings. The Morgan fingerprint density at radius 3 is 2.56 bits per heavy atom. The first-order chi connectivity index (χ1) is 7.56. The van der Waals surface area contributed by atoms with Gasteiger partial charge in [-0.05, 0) is 12.8 Å². The van der Waals surface area contributed by atoms with Gasteiger partial charge >= 0.3 is 0 Å². The third-order valence-corrected chi connectivity index (χ3v) is 2.55. The van der Waals surface area contributed by atoms with Gasteiger partial charge in [0, 0.05) is 19.7 Å². The summed E-state index contributed by atoms with van der Waals surface area (Å²) in [5.41, 5.74) is 10.6. The molecule has 6 heteroatoms. The third kappa shape index (κ3) is 3.79. The Morgan fingerprint density at radius 2 is 2.12 bits per heavy atom. The molecule has 16 heavy (non-hydrogen) atoms. The summed E-state index contributed by atoms with van der Waals surface area (Å²) in [5.74, 6) is -0.762. The maximum atomic E-state index is 11.9. The molecule has 0 bridgehead atoms. The average Bonchev–Trinajstić information content (AvgIpc) is 3.01. The van der Waals surface area contributed by atoms with Gasteiger partial charge < -0.3 is 21.1 Å². The van der Waals surface area contributed by atoms with Crippen molar-refractivity contribution in [1.82, 2.24) is 4.90 Å². The molecule has 1 saturated carbocycles. The molecule has 6 nitrogen and oxygen atoms in total. The second-order valence-corrected chi connectivity index (χ2v) is 4.03. The molecule has 1 fully saturated rings. The van der Waals surface area contributed by atoms with Gasteiger partial charge in [-0.3, -0.25) is 9.59 Å². The van der Waals surface area contributed by atoms with E-state index in [1.54, 1.807) is 12.0 Å². The van der Waals surface area contributed by atoms with E-state index >= 15 is 0 Å². The van der Waals surface area contributed by atoms with Crippen molar-refractivity contribution in [2.75, 3.05) is 20.3 Å². The zero-order valence-corrected chi connectivity index (χ0v) is 9.52. The molecule has 1 atom stereocenters. The van der Waals surface area contributed by atoms with Gasteiger partial charge in [-0.25, -0.2) is 0 Å². The highest BCUT2D eigenvalue weighted by Gasteiger charge is 2.34. The number of primary amides is 1. The first-order valence-electron chi connectivity index (χ1n) is 5.39. The fraction of sp³-hybridized carbons (Fsp3) is 0.800. The molecule has 1 unspecified atom stereocenters. The summed E-state index contributed by atoms with van der Waals surface area (Å²) in [6, 6.07) is -0.559. The molecule has 0 spiro atoms. The fourth-order valence-electron chi connectivity index (χ4n) is 1.57. The van der Waals surface area contributed by atoms with Gasteiger partial charge in [0.2, 0.25) is 11.8 Å². The number of ether oxygens (including phenoxy) is 1. The van der Waals surface area contributed by atoms with Crippen LogP contribution in [0.1, 0.15) is 19.3 Å².